The van der Waals surface area contributed by atoms with Crippen LogP contribution >= 0.6 is 0 Å². The predicted octanol–water partition coefficient (Wildman–Crippen LogP) is 2.18. The van der Waals surface area contributed by atoms with Crippen molar-refractivity contribution in [3.63, 3.8) is 0 Å². The molecule has 25 heavy (non-hydrogen) atoms. The van der Waals surface area contributed by atoms with Crippen LogP contribution in [0.1, 0.15) is 29.2 Å². The van der Waals surface area contributed by atoms with Gasteiger partial charge in [0.1, 0.15) is 5.75 Å². The molecule has 0 fully saturated rings. The average molecular weight is 358 g/mol. The molecule has 1 atom stereocenters. The molecule has 0 aromatic heterocycles. The van der Waals surface area contributed by atoms with Gasteiger partial charge in [-0.15, -0.1) is 0 Å². The van der Waals surface area contributed by atoms with Crippen LogP contribution in [0.15, 0.2) is 47.4 Å². The number of fused-ring (bicyclic) bond motifs is 2. The summed E-state index contributed by atoms with van der Waals surface area (Å²) in [5.41, 5.74) is 3.43. The number of benzene rings is 2. The Morgan fingerprint density at radius 1 is 1.12 bits per heavy atom. The van der Waals surface area contributed by atoms with E-state index in [1.165, 1.54) is 11.1 Å². The van der Waals surface area contributed by atoms with Gasteiger partial charge in [-0.05, 0) is 60.7 Å². The Bertz CT molecular complexity index is 880. The van der Waals surface area contributed by atoms with Crippen LogP contribution in [0.2, 0.25) is 0 Å². The van der Waals surface area contributed by atoms with E-state index in [4.69, 9.17) is 4.74 Å². The molecule has 0 radical (unpaired) electrons. The molecule has 2 N–H and O–H groups in total. The summed E-state index contributed by atoms with van der Waals surface area (Å²) < 4.78 is 33.7. The molecule has 2 aromatic carbocycles. The number of hydrogen-bond donors (Lipinski definition) is 2. The second-order valence-electron chi connectivity index (χ2n) is 6.53. The fraction of sp³-hybridized carbons (Fsp3) is 0.368. The van der Waals surface area contributed by atoms with E-state index < -0.39 is 10.0 Å². The third kappa shape index (κ3) is 3.42. The van der Waals surface area contributed by atoms with Crippen molar-refractivity contribution < 1.29 is 13.2 Å². The van der Waals surface area contributed by atoms with Crippen molar-refractivity contribution in [1.29, 1.82) is 0 Å². The molecule has 0 spiro atoms. The summed E-state index contributed by atoms with van der Waals surface area (Å²) in [6, 6.07) is 13.3. The zero-order valence-electron chi connectivity index (χ0n) is 14.0. The maximum absolute atomic E-state index is 12.7. The molecule has 0 aliphatic carbocycles. The SMILES string of the molecule is O=S(=O)(NCC1NCCc2ccccc21)c1ccc2c(c1)CCCO2. The molecule has 1 unspecified atom stereocenters. The van der Waals surface area contributed by atoms with E-state index in [0.717, 1.165) is 37.1 Å². The lowest BCUT2D eigenvalue weighted by Gasteiger charge is -2.27. The summed E-state index contributed by atoms with van der Waals surface area (Å²) in [6.07, 6.45) is 2.76. The smallest absolute Gasteiger partial charge is 0.240 e. The maximum atomic E-state index is 12.7. The number of nitrogens with one attached hydrogen (secondary N) is 2. The lowest BCUT2D eigenvalue weighted by atomic mass is 9.95. The summed E-state index contributed by atoms with van der Waals surface area (Å²) in [5, 5.41) is 3.40. The van der Waals surface area contributed by atoms with Gasteiger partial charge in [0.25, 0.3) is 0 Å². The first kappa shape index (κ1) is 16.6. The molecule has 5 nitrogen and oxygen atoms in total. The summed E-state index contributed by atoms with van der Waals surface area (Å²) in [7, 11) is -3.54. The molecular formula is C19H22N2O3S. The minimum atomic E-state index is -3.54. The van der Waals surface area contributed by atoms with E-state index in [1.54, 1.807) is 18.2 Å². The van der Waals surface area contributed by atoms with Crippen LogP contribution in [-0.2, 0) is 22.9 Å². The van der Waals surface area contributed by atoms with Gasteiger partial charge in [0.05, 0.1) is 11.5 Å². The molecular weight excluding hydrogens is 336 g/mol. The third-order valence-corrected chi connectivity index (χ3v) is 6.30. The lowest BCUT2D eigenvalue weighted by Crippen LogP contribution is -2.38. The molecule has 6 heteroatoms. The Hall–Kier alpha value is -1.89. The van der Waals surface area contributed by atoms with Crippen LogP contribution in [0.25, 0.3) is 0 Å². The van der Waals surface area contributed by atoms with E-state index in [1.807, 2.05) is 12.1 Å². The standard InChI is InChI=1S/C19H22N2O3S/c22-25(23,16-7-8-19-15(12-16)5-3-11-24-19)21-13-18-17-6-2-1-4-14(17)9-10-20-18/h1-2,4,6-8,12,18,20-21H,3,5,9-11,13H2. The summed E-state index contributed by atoms with van der Waals surface area (Å²) in [4.78, 5) is 0.306. The largest absolute Gasteiger partial charge is 0.493 e. The van der Waals surface area contributed by atoms with Crippen molar-refractivity contribution in [2.75, 3.05) is 19.7 Å². The molecule has 0 saturated heterocycles. The molecule has 2 heterocycles. The molecule has 2 aliphatic rings. The normalized spacial score (nSPS) is 19.6. The first-order valence-electron chi connectivity index (χ1n) is 8.70. The van der Waals surface area contributed by atoms with Crippen molar-refractivity contribution in [3.8, 4) is 5.75 Å². The van der Waals surface area contributed by atoms with Crippen molar-refractivity contribution in [2.45, 2.75) is 30.2 Å². The Morgan fingerprint density at radius 3 is 2.92 bits per heavy atom. The van der Waals surface area contributed by atoms with Gasteiger partial charge < -0.3 is 10.1 Å². The van der Waals surface area contributed by atoms with Crippen LogP contribution in [0.3, 0.4) is 0 Å². The summed E-state index contributed by atoms with van der Waals surface area (Å²) in [6.45, 7) is 1.90. The highest BCUT2D eigenvalue weighted by atomic mass is 32.2. The number of sulfonamides is 1. The highest BCUT2D eigenvalue weighted by Crippen LogP contribution is 2.27. The number of aryl methyl sites for hydroxylation is 1. The summed E-state index contributed by atoms with van der Waals surface area (Å²) >= 11 is 0. The zero-order valence-corrected chi connectivity index (χ0v) is 14.8. The summed E-state index contributed by atoms with van der Waals surface area (Å²) in [5.74, 6) is 0.799. The van der Waals surface area contributed by atoms with E-state index in [2.05, 4.69) is 22.2 Å². The highest BCUT2D eigenvalue weighted by molar-refractivity contribution is 7.89. The van der Waals surface area contributed by atoms with Gasteiger partial charge in [0, 0.05) is 12.6 Å². The predicted molar refractivity (Wildman–Crippen MR) is 96.3 cm³/mol. The molecule has 0 bridgehead atoms. The fourth-order valence-electron chi connectivity index (χ4n) is 3.56. The number of hydrogen-bond acceptors (Lipinski definition) is 4. The van der Waals surface area contributed by atoms with Crippen LogP contribution in [0.5, 0.6) is 5.75 Å². The lowest BCUT2D eigenvalue weighted by molar-refractivity contribution is 0.288. The van der Waals surface area contributed by atoms with Crippen LogP contribution in [0.4, 0.5) is 0 Å². The van der Waals surface area contributed by atoms with E-state index in [9.17, 15) is 8.42 Å². The monoisotopic (exact) mass is 358 g/mol. The Labute approximate surface area is 148 Å². The Balaban J connectivity index is 1.51. The number of ether oxygens (including phenoxy) is 1. The highest BCUT2D eigenvalue weighted by Gasteiger charge is 2.23. The van der Waals surface area contributed by atoms with E-state index in [0.29, 0.717) is 18.0 Å². The third-order valence-electron chi connectivity index (χ3n) is 4.88. The zero-order chi connectivity index (χ0) is 17.3. The quantitative estimate of drug-likeness (QED) is 0.879. The van der Waals surface area contributed by atoms with E-state index in [-0.39, 0.29) is 6.04 Å². The van der Waals surface area contributed by atoms with Crippen molar-refractivity contribution in [1.82, 2.24) is 10.0 Å². The van der Waals surface area contributed by atoms with Crippen molar-refractivity contribution in [3.05, 3.63) is 59.2 Å². The minimum absolute atomic E-state index is 0.000635. The Morgan fingerprint density at radius 2 is 2.00 bits per heavy atom. The molecule has 4 rings (SSSR count). The van der Waals surface area contributed by atoms with E-state index >= 15 is 0 Å². The average Bonchev–Trinajstić information content (AvgIpc) is 2.66. The first-order valence-corrected chi connectivity index (χ1v) is 10.2. The van der Waals surface area contributed by atoms with Gasteiger partial charge >= 0.3 is 0 Å². The van der Waals surface area contributed by atoms with Crippen LogP contribution in [0, 0.1) is 0 Å². The number of rotatable bonds is 4. The van der Waals surface area contributed by atoms with Crippen LogP contribution < -0.4 is 14.8 Å². The van der Waals surface area contributed by atoms with Crippen molar-refractivity contribution >= 4 is 10.0 Å². The second-order valence-corrected chi connectivity index (χ2v) is 8.30. The van der Waals surface area contributed by atoms with Gasteiger partial charge in [-0.3, -0.25) is 0 Å². The fourth-order valence-corrected chi connectivity index (χ4v) is 4.65. The molecule has 2 aliphatic heterocycles. The second kappa shape index (κ2) is 6.78. The van der Waals surface area contributed by atoms with Gasteiger partial charge in [-0.2, -0.15) is 0 Å². The minimum Gasteiger partial charge on any atom is -0.493 e. The maximum Gasteiger partial charge on any atom is 0.240 e. The van der Waals surface area contributed by atoms with Gasteiger partial charge in [0.2, 0.25) is 10.0 Å². The van der Waals surface area contributed by atoms with Crippen LogP contribution in [-0.4, -0.2) is 28.1 Å². The molecule has 0 amide bonds. The molecule has 0 saturated carbocycles. The first-order chi connectivity index (χ1) is 12.1. The molecule has 2 aromatic rings. The molecule has 132 valence electrons. The van der Waals surface area contributed by atoms with Gasteiger partial charge in [-0.1, -0.05) is 24.3 Å². The van der Waals surface area contributed by atoms with Gasteiger partial charge in [-0.25, -0.2) is 13.1 Å². The van der Waals surface area contributed by atoms with Gasteiger partial charge in [0.15, 0.2) is 0 Å². The van der Waals surface area contributed by atoms with Crippen molar-refractivity contribution in [2.24, 2.45) is 0 Å². The topological polar surface area (TPSA) is 67.4 Å². The Kier molecular flexibility index (Phi) is 4.50.